The highest BCUT2D eigenvalue weighted by atomic mass is 16.4. The molecule has 1 aromatic rings. The summed E-state index contributed by atoms with van der Waals surface area (Å²) in [5, 5.41) is 21.2. The smallest absolute Gasteiger partial charge is 0.423 e. The molecule has 0 aliphatic carbocycles. The maximum absolute atomic E-state index is 8.92. The lowest BCUT2D eigenvalue weighted by Crippen LogP contribution is -2.30. The molecule has 0 radical (unpaired) electrons. The van der Waals surface area contributed by atoms with Crippen LogP contribution in [-0.4, -0.2) is 29.8 Å². The van der Waals surface area contributed by atoms with Gasteiger partial charge in [0.1, 0.15) is 0 Å². The predicted octanol–water partition coefficient (Wildman–Crippen LogP) is -0.0931. The Morgan fingerprint density at radius 3 is 2.33 bits per heavy atom. The Hall–Kier alpha value is -0.835. The topological polar surface area (TPSA) is 52.5 Å². The van der Waals surface area contributed by atoms with E-state index in [2.05, 4.69) is 19.2 Å². The van der Waals surface area contributed by atoms with E-state index in [0.717, 1.165) is 13.0 Å². The summed E-state index contributed by atoms with van der Waals surface area (Å²) in [7, 11) is -1.37. The van der Waals surface area contributed by atoms with Crippen LogP contribution in [0.4, 0.5) is 0 Å². The first-order chi connectivity index (χ1) is 7.13. The number of rotatable bonds is 5. The Bertz CT molecular complexity index is 287. The molecule has 0 aliphatic rings. The van der Waals surface area contributed by atoms with Crippen LogP contribution in [0.15, 0.2) is 24.3 Å². The molecule has 0 saturated carbocycles. The molecule has 3 nitrogen and oxygen atoms in total. The van der Waals surface area contributed by atoms with Crippen LogP contribution in [0, 0.1) is 0 Å². The van der Waals surface area contributed by atoms with Crippen molar-refractivity contribution in [1.82, 2.24) is 5.32 Å². The summed E-state index contributed by atoms with van der Waals surface area (Å²) >= 11 is 0. The maximum atomic E-state index is 8.92. The minimum absolute atomic E-state index is 0.444. The number of likely N-dealkylation sites (N-methyl/N-ethyl adjacent to an activating group) is 1. The quantitative estimate of drug-likeness (QED) is 0.591. The van der Waals surface area contributed by atoms with Crippen LogP contribution in [0.25, 0.3) is 0 Å². The average Bonchev–Trinajstić information content (AvgIpc) is 2.18. The number of nitrogens with one attached hydrogen (secondary N) is 1. The first-order valence-corrected chi connectivity index (χ1v) is 5.31. The van der Waals surface area contributed by atoms with E-state index in [1.54, 1.807) is 12.1 Å². The summed E-state index contributed by atoms with van der Waals surface area (Å²) in [6.45, 7) is 5.19. The van der Waals surface area contributed by atoms with Crippen LogP contribution < -0.4 is 10.8 Å². The molecule has 1 unspecified atom stereocenters. The van der Waals surface area contributed by atoms with Gasteiger partial charge in [0.25, 0.3) is 0 Å². The van der Waals surface area contributed by atoms with Gasteiger partial charge in [-0.05, 0) is 30.9 Å². The molecule has 0 aliphatic heterocycles. The van der Waals surface area contributed by atoms with Gasteiger partial charge < -0.3 is 15.4 Å². The van der Waals surface area contributed by atoms with Crippen LogP contribution in [0.3, 0.4) is 0 Å². The number of hydrogen-bond donors (Lipinski definition) is 3. The van der Waals surface area contributed by atoms with Gasteiger partial charge in [0.05, 0.1) is 0 Å². The zero-order valence-electron chi connectivity index (χ0n) is 9.27. The molecule has 0 bridgehead atoms. The first-order valence-electron chi connectivity index (χ1n) is 5.31. The average molecular weight is 207 g/mol. The summed E-state index contributed by atoms with van der Waals surface area (Å²) in [5.41, 5.74) is 1.74. The molecule has 1 rings (SSSR count). The van der Waals surface area contributed by atoms with Crippen LogP contribution in [0.2, 0.25) is 0 Å². The summed E-state index contributed by atoms with van der Waals surface area (Å²) in [4.78, 5) is 0. The van der Waals surface area contributed by atoms with Crippen LogP contribution in [-0.2, 0) is 6.42 Å². The van der Waals surface area contributed by atoms with Crippen molar-refractivity contribution >= 4 is 12.6 Å². The van der Waals surface area contributed by atoms with Crippen molar-refractivity contribution < 1.29 is 10.0 Å². The molecule has 1 atom stereocenters. The standard InChI is InChI=1S/C11H18BNO2/c1-3-13-9(2)8-10-4-6-11(7-5-10)12(14)15/h4-7,9,13-15H,3,8H2,1-2H3. The van der Waals surface area contributed by atoms with Crippen LogP contribution in [0.5, 0.6) is 0 Å². The molecule has 4 heteroatoms. The van der Waals surface area contributed by atoms with Gasteiger partial charge in [-0.1, -0.05) is 31.2 Å². The van der Waals surface area contributed by atoms with Crippen molar-refractivity contribution in [2.45, 2.75) is 26.3 Å². The highest BCUT2D eigenvalue weighted by Gasteiger charge is 2.10. The molecule has 0 heterocycles. The number of hydrogen-bond acceptors (Lipinski definition) is 3. The second kappa shape index (κ2) is 5.90. The zero-order valence-corrected chi connectivity index (χ0v) is 9.27. The third-order valence-corrected chi connectivity index (χ3v) is 2.37. The molecule has 15 heavy (non-hydrogen) atoms. The summed E-state index contributed by atoms with van der Waals surface area (Å²) in [5.74, 6) is 0. The van der Waals surface area contributed by atoms with Gasteiger partial charge in [0.15, 0.2) is 0 Å². The Balaban J connectivity index is 2.56. The molecular formula is C11H18BNO2. The Labute approximate surface area is 91.3 Å². The van der Waals surface area contributed by atoms with E-state index in [0.29, 0.717) is 11.5 Å². The zero-order chi connectivity index (χ0) is 11.3. The van der Waals surface area contributed by atoms with E-state index in [4.69, 9.17) is 10.0 Å². The normalized spacial score (nSPS) is 12.5. The second-order valence-corrected chi connectivity index (χ2v) is 3.78. The van der Waals surface area contributed by atoms with Crippen LogP contribution in [0.1, 0.15) is 19.4 Å². The third kappa shape index (κ3) is 4.04. The Kier molecular flexibility index (Phi) is 4.82. The van der Waals surface area contributed by atoms with Gasteiger partial charge in [0, 0.05) is 6.04 Å². The molecular weight excluding hydrogens is 189 g/mol. The van der Waals surface area contributed by atoms with Crippen molar-refractivity contribution in [3.63, 3.8) is 0 Å². The minimum atomic E-state index is -1.37. The molecule has 3 N–H and O–H groups in total. The van der Waals surface area contributed by atoms with Crippen molar-refractivity contribution in [3.8, 4) is 0 Å². The van der Waals surface area contributed by atoms with Crippen molar-refractivity contribution in [2.24, 2.45) is 0 Å². The molecule has 0 fully saturated rings. The van der Waals surface area contributed by atoms with Gasteiger partial charge in [-0.25, -0.2) is 0 Å². The van der Waals surface area contributed by atoms with E-state index in [-0.39, 0.29) is 0 Å². The number of benzene rings is 1. The Morgan fingerprint density at radius 1 is 1.27 bits per heavy atom. The first kappa shape index (κ1) is 12.2. The van der Waals surface area contributed by atoms with E-state index in [1.165, 1.54) is 5.56 Å². The SMILES string of the molecule is CCNC(C)Cc1ccc(B(O)O)cc1. The largest absolute Gasteiger partial charge is 0.488 e. The van der Waals surface area contributed by atoms with Crippen LogP contribution >= 0.6 is 0 Å². The van der Waals surface area contributed by atoms with Gasteiger partial charge in [-0.3, -0.25) is 0 Å². The monoisotopic (exact) mass is 207 g/mol. The molecule has 0 amide bonds. The van der Waals surface area contributed by atoms with E-state index < -0.39 is 7.12 Å². The predicted molar refractivity (Wildman–Crippen MR) is 63.1 cm³/mol. The highest BCUT2D eigenvalue weighted by Crippen LogP contribution is 2.01. The van der Waals surface area contributed by atoms with Gasteiger partial charge in [0.2, 0.25) is 0 Å². The van der Waals surface area contributed by atoms with E-state index >= 15 is 0 Å². The second-order valence-electron chi connectivity index (χ2n) is 3.78. The fourth-order valence-corrected chi connectivity index (χ4v) is 1.60. The molecule has 1 aromatic carbocycles. The van der Waals surface area contributed by atoms with Crippen molar-refractivity contribution in [2.75, 3.05) is 6.54 Å². The van der Waals surface area contributed by atoms with Gasteiger partial charge >= 0.3 is 7.12 Å². The molecule has 0 aromatic heterocycles. The highest BCUT2D eigenvalue weighted by molar-refractivity contribution is 6.58. The minimum Gasteiger partial charge on any atom is -0.423 e. The van der Waals surface area contributed by atoms with Crippen molar-refractivity contribution in [3.05, 3.63) is 29.8 Å². The van der Waals surface area contributed by atoms with E-state index in [1.807, 2.05) is 12.1 Å². The van der Waals surface area contributed by atoms with E-state index in [9.17, 15) is 0 Å². The lowest BCUT2D eigenvalue weighted by atomic mass is 9.80. The summed E-state index contributed by atoms with van der Waals surface area (Å²) < 4.78 is 0. The Morgan fingerprint density at radius 2 is 1.87 bits per heavy atom. The molecule has 0 spiro atoms. The summed E-state index contributed by atoms with van der Waals surface area (Å²) in [6, 6.07) is 7.81. The maximum Gasteiger partial charge on any atom is 0.488 e. The van der Waals surface area contributed by atoms with Gasteiger partial charge in [-0.2, -0.15) is 0 Å². The summed E-state index contributed by atoms with van der Waals surface area (Å²) in [6.07, 6.45) is 0.954. The lowest BCUT2D eigenvalue weighted by molar-refractivity contribution is 0.426. The third-order valence-electron chi connectivity index (χ3n) is 2.37. The van der Waals surface area contributed by atoms with Gasteiger partial charge in [-0.15, -0.1) is 0 Å². The lowest BCUT2D eigenvalue weighted by Gasteiger charge is -2.12. The van der Waals surface area contributed by atoms with Crippen molar-refractivity contribution in [1.29, 1.82) is 0 Å². The fraction of sp³-hybridized carbons (Fsp3) is 0.455. The fourth-order valence-electron chi connectivity index (χ4n) is 1.60. The molecule has 82 valence electrons. The molecule has 0 saturated heterocycles.